The molecule has 0 aromatic heterocycles. The first-order chi connectivity index (χ1) is 11.0. The number of halogens is 2. The minimum Gasteiger partial charge on any atom is -0.465 e. The van der Waals surface area contributed by atoms with Gasteiger partial charge in [-0.15, -0.1) is 0 Å². The fourth-order valence-electron chi connectivity index (χ4n) is 2.38. The Morgan fingerprint density at radius 3 is 2.48 bits per heavy atom. The number of esters is 1. The van der Waals surface area contributed by atoms with Crippen LogP contribution in [0.5, 0.6) is 0 Å². The van der Waals surface area contributed by atoms with E-state index in [-0.39, 0.29) is 11.3 Å². The maximum absolute atomic E-state index is 13.9. The van der Waals surface area contributed by atoms with Gasteiger partial charge in [0.15, 0.2) is 0 Å². The Balaban J connectivity index is 1.99. The number of methoxy groups -OCH3 is 1. The molecule has 7 heteroatoms. The molecule has 2 aromatic rings. The first-order valence-corrected chi connectivity index (χ1v) is 6.74. The first-order valence-electron chi connectivity index (χ1n) is 6.74. The van der Waals surface area contributed by atoms with Crippen molar-refractivity contribution in [2.24, 2.45) is 0 Å². The summed E-state index contributed by atoms with van der Waals surface area (Å²) in [5.41, 5.74) is 0.894. The third-order valence-corrected chi connectivity index (χ3v) is 3.54. The maximum atomic E-state index is 13.9. The van der Waals surface area contributed by atoms with Gasteiger partial charge >= 0.3 is 5.97 Å². The SMILES string of the molecule is COC(=O)c1cc2c(cc1F)NC(=O)C(c1ccc(F)cc1)N2. The Morgan fingerprint density at radius 1 is 1.13 bits per heavy atom. The molecular formula is C16H12F2N2O3. The lowest BCUT2D eigenvalue weighted by molar-refractivity contribution is -0.117. The Bertz CT molecular complexity index is 791. The van der Waals surface area contributed by atoms with E-state index in [0.717, 1.165) is 13.2 Å². The minimum absolute atomic E-state index is 0.221. The van der Waals surface area contributed by atoms with Gasteiger partial charge in [0, 0.05) is 6.07 Å². The summed E-state index contributed by atoms with van der Waals surface area (Å²) in [5.74, 6) is -2.44. The van der Waals surface area contributed by atoms with Gasteiger partial charge in [0.05, 0.1) is 24.0 Å². The summed E-state index contributed by atoms with van der Waals surface area (Å²) < 4.78 is 31.4. The molecule has 1 atom stereocenters. The smallest absolute Gasteiger partial charge is 0.340 e. The number of fused-ring (bicyclic) bond motifs is 1. The van der Waals surface area contributed by atoms with Crippen molar-refractivity contribution in [3.8, 4) is 0 Å². The minimum atomic E-state index is -0.817. The molecule has 0 radical (unpaired) electrons. The van der Waals surface area contributed by atoms with Gasteiger partial charge in [0.1, 0.15) is 17.7 Å². The molecular weight excluding hydrogens is 306 g/mol. The number of ether oxygens (including phenoxy) is 1. The van der Waals surface area contributed by atoms with Crippen LogP contribution in [0.15, 0.2) is 36.4 Å². The van der Waals surface area contributed by atoms with Crippen LogP contribution in [0.1, 0.15) is 22.0 Å². The second-order valence-electron chi connectivity index (χ2n) is 4.99. The fraction of sp³-hybridized carbons (Fsp3) is 0.125. The van der Waals surface area contributed by atoms with Crippen LogP contribution in [0.4, 0.5) is 20.2 Å². The first kappa shape index (κ1) is 15.0. The highest BCUT2D eigenvalue weighted by molar-refractivity contribution is 6.04. The van der Waals surface area contributed by atoms with E-state index in [9.17, 15) is 18.4 Å². The molecule has 5 nitrogen and oxygen atoms in total. The molecule has 2 aromatic carbocycles. The molecule has 3 rings (SSSR count). The number of carbonyl (C=O) groups is 2. The van der Waals surface area contributed by atoms with E-state index in [1.807, 2.05) is 0 Å². The van der Waals surface area contributed by atoms with Crippen molar-refractivity contribution in [2.45, 2.75) is 6.04 Å². The van der Waals surface area contributed by atoms with Crippen LogP contribution in [0.25, 0.3) is 0 Å². The molecule has 1 heterocycles. The number of amides is 1. The molecule has 1 aliphatic rings. The molecule has 0 saturated carbocycles. The van der Waals surface area contributed by atoms with Crippen molar-refractivity contribution in [1.82, 2.24) is 0 Å². The van der Waals surface area contributed by atoms with Crippen molar-refractivity contribution >= 4 is 23.3 Å². The number of hydrogen-bond donors (Lipinski definition) is 2. The second-order valence-corrected chi connectivity index (χ2v) is 4.99. The average Bonchev–Trinajstić information content (AvgIpc) is 2.54. The van der Waals surface area contributed by atoms with Gasteiger partial charge in [0.2, 0.25) is 0 Å². The van der Waals surface area contributed by atoms with Crippen LogP contribution in [-0.2, 0) is 9.53 Å². The predicted octanol–water partition coefficient (Wildman–Crippen LogP) is 2.86. The van der Waals surface area contributed by atoms with Gasteiger partial charge in [-0.3, -0.25) is 4.79 Å². The number of carbonyl (C=O) groups excluding carboxylic acids is 2. The third kappa shape index (κ3) is 2.73. The van der Waals surface area contributed by atoms with Crippen LogP contribution in [0.2, 0.25) is 0 Å². The van der Waals surface area contributed by atoms with Gasteiger partial charge in [-0.25, -0.2) is 13.6 Å². The van der Waals surface area contributed by atoms with Crippen LogP contribution >= 0.6 is 0 Å². The van der Waals surface area contributed by atoms with Gasteiger partial charge in [0.25, 0.3) is 5.91 Å². The zero-order valence-electron chi connectivity index (χ0n) is 12.0. The standard InChI is InChI=1S/C16H12F2N2O3/c1-23-16(22)10-6-12-13(7-11(10)18)20-15(21)14(19-12)8-2-4-9(17)5-3-8/h2-7,14,19H,1H3,(H,20,21). The molecule has 0 saturated heterocycles. The van der Waals surface area contributed by atoms with E-state index in [0.29, 0.717) is 11.3 Å². The maximum Gasteiger partial charge on any atom is 0.340 e. The lowest BCUT2D eigenvalue weighted by atomic mass is 10.0. The summed E-state index contributed by atoms with van der Waals surface area (Å²) in [4.78, 5) is 23.7. The number of benzene rings is 2. The summed E-state index contributed by atoms with van der Waals surface area (Å²) in [6, 6.07) is 6.97. The monoisotopic (exact) mass is 318 g/mol. The van der Waals surface area contributed by atoms with Crippen molar-refractivity contribution in [2.75, 3.05) is 17.7 Å². The quantitative estimate of drug-likeness (QED) is 0.836. The molecule has 23 heavy (non-hydrogen) atoms. The fourth-order valence-corrected chi connectivity index (χ4v) is 2.38. The topological polar surface area (TPSA) is 67.4 Å². The number of hydrogen-bond acceptors (Lipinski definition) is 4. The summed E-state index contributed by atoms with van der Waals surface area (Å²) in [5, 5.41) is 5.48. The summed E-state index contributed by atoms with van der Waals surface area (Å²) in [6.07, 6.45) is 0. The number of rotatable bonds is 2. The largest absolute Gasteiger partial charge is 0.465 e. The number of nitrogens with one attached hydrogen (secondary N) is 2. The Morgan fingerprint density at radius 2 is 1.83 bits per heavy atom. The molecule has 0 bridgehead atoms. The normalized spacial score (nSPS) is 16.1. The lowest BCUT2D eigenvalue weighted by Crippen LogP contribution is -2.32. The highest BCUT2D eigenvalue weighted by atomic mass is 19.1. The Hall–Kier alpha value is -2.96. The predicted molar refractivity (Wildman–Crippen MR) is 79.1 cm³/mol. The van der Waals surface area contributed by atoms with Gasteiger partial charge in [-0.1, -0.05) is 12.1 Å². The van der Waals surface area contributed by atoms with E-state index >= 15 is 0 Å². The van der Waals surface area contributed by atoms with E-state index in [4.69, 9.17) is 0 Å². The molecule has 1 unspecified atom stereocenters. The summed E-state index contributed by atoms with van der Waals surface area (Å²) in [6.45, 7) is 0. The molecule has 1 aliphatic heterocycles. The third-order valence-electron chi connectivity index (χ3n) is 3.54. The van der Waals surface area contributed by atoms with Crippen molar-refractivity contribution in [1.29, 1.82) is 0 Å². The van der Waals surface area contributed by atoms with Crippen LogP contribution in [-0.4, -0.2) is 19.0 Å². The Kier molecular flexibility index (Phi) is 3.69. The summed E-state index contributed by atoms with van der Waals surface area (Å²) in [7, 11) is 1.15. The zero-order chi connectivity index (χ0) is 16.6. The highest BCUT2D eigenvalue weighted by Gasteiger charge is 2.29. The lowest BCUT2D eigenvalue weighted by Gasteiger charge is -2.27. The van der Waals surface area contributed by atoms with Crippen LogP contribution in [0, 0.1) is 11.6 Å². The second kappa shape index (κ2) is 5.68. The molecule has 0 spiro atoms. The summed E-state index contributed by atoms with van der Waals surface area (Å²) >= 11 is 0. The average molecular weight is 318 g/mol. The van der Waals surface area contributed by atoms with Gasteiger partial charge < -0.3 is 15.4 Å². The van der Waals surface area contributed by atoms with Crippen LogP contribution in [0.3, 0.4) is 0 Å². The van der Waals surface area contributed by atoms with E-state index in [1.54, 1.807) is 0 Å². The number of anilines is 2. The van der Waals surface area contributed by atoms with E-state index in [2.05, 4.69) is 15.4 Å². The van der Waals surface area contributed by atoms with Crippen molar-refractivity contribution in [3.05, 3.63) is 59.2 Å². The van der Waals surface area contributed by atoms with E-state index in [1.165, 1.54) is 30.3 Å². The van der Waals surface area contributed by atoms with Gasteiger partial charge in [-0.2, -0.15) is 0 Å². The molecule has 1 amide bonds. The molecule has 118 valence electrons. The van der Waals surface area contributed by atoms with Gasteiger partial charge in [-0.05, 0) is 23.8 Å². The zero-order valence-corrected chi connectivity index (χ0v) is 12.0. The van der Waals surface area contributed by atoms with Crippen molar-refractivity contribution in [3.63, 3.8) is 0 Å². The van der Waals surface area contributed by atoms with Crippen LogP contribution < -0.4 is 10.6 Å². The highest BCUT2D eigenvalue weighted by Crippen LogP contribution is 2.34. The van der Waals surface area contributed by atoms with E-state index < -0.39 is 29.6 Å². The molecule has 0 aliphatic carbocycles. The molecule has 0 fully saturated rings. The molecule has 2 N–H and O–H groups in total. The Labute approximate surface area is 130 Å². The van der Waals surface area contributed by atoms with Crippen molar-refractivity contribution < 1.29 is 23.1 Å².